The topological polar surface area (TPSA) is 60.6 Å². The van der Waals surface area contributed by atoms with Crippen molar-refractivity contribution in [1.82, 2.24) is 9.88 Å². The number of aryl methyl sites for hydroxylation is 1. The van der Waals surface area contributed by atoms with Gasteiger partial charge in [0.1, 0.15) is 12.4 Å². The average Bonchev–Trinajstić information content (AvgIpc) is 3.42. The van der Waals surface area contributed by atoms with Gasteiger partial charge in [0, 0.05) is 60.7 Å². The minimum absolute atomic E-state index is 0.0615. The molecule has 1 aromatic heterocycles. The predicted molar refractivity (Wildman–Crippen MR) is 145 cm³/mol. The van der Waals surface area contributed by atoms with E-state index in [1.165, 1.54) is 16.6 Å². The predicted octanol–water partition coefficient (Wildman–Crippen LogP) is 4.73. The van der Waals surface area contributed by atoms with E-state index < -0.39 is 0 Å². The second-order valence-electron chi connectivity index (χ2n) is 9.70. The Balaban J connectivity index is 1.20. The van der Waals surface area contributed by atoms with Gasteiger partial charge >= 0.3 is 0 Å². The van der Waals surface area contributed by atoms with E-state index in [4.69, 9.17) is 4.74 Å². The van der Waals surface area contributed by atoms with Crippen LogP contribution in [0.25, 0.3) is 10.9 Å². The third-order valence-corrected chi connectivity index (χ3v) is 7.54. The van der Waals surface area contributed by atoms with Crippen molar-refractivity contribution >= 4 is 28.1 Å². The molecule has 4 aromatic rings. The first kappa shape index (κ1) is 22.7. The van der Waals surface area contributed by atoms with Gasteiger partial charge in [0.2, 0.25) is 0 Å². The van der Waals surface area contributed by atoms with Crippen LogP contribution in [-0.4, -0.2) is 60.5 Å². The number of aromatic amines is 1. The maximum atomic E-state index is 13.7. The van der Waals surface area contributed by atoms with Crippen LogP contribution in [0.2, 0.25) is 0 Å². The van der Waals surface area contributed by atoms with Gasteiger partial charge in [-0.05, 0) is 54.8 Å². The highest BCUT2D eigenvalue weighted by Crippen LogP contribution is 2.30. The van der Waals surface area contributed by atoms with Gasteiger partial charge in [-0.1, -0.05) is 42.5 Å². The van der Waals surface area contributed by atoms with Gasteiger partial charge in [-0.2, -0.15) is 0 Å². The minimum Gasteiger partial charge on any atom is -0.486 e. The van der Waals surface area contributed by atoms with Crippen molar-refractivity contribution < 1.29 is 9.53 Å². The maximum Gasteiger partial charge on any atom is 0.189 e. The number of carbonyl (C=O) groups is 1. The molecule has 0 saturated carbocycles. The summed E-state index contributed by atoms with van der Waals surface area (Å²) in [4.78, 5) is 21.8. The Bertz CT molecular complexity index is 1330. The Morgan fingerprint density at radius 2 is 1.72 bits per heavy atom. The highest BCUT2D eigenvalue weighted by atomic mass is 16.5. The summed E-state index contributed by atoms with van der Waals surface area (Å²) in [5.74, 6) is 0.868. The Kier molecular flexibility index (Phi) is 6.35. The van der Waals surface area contributed by atoms with Gasteiger partial charge in [0.05, 0.1) is 6.04 Å². The molecule has 2 aliphatic heterocycles. The number of ether oxygens (including phenoxy) is 1. The highest BCUT2D eigenvalue weighted by Gasteiger charge is 2.37. The number of Topliss-reactive ketones (excluding diaryl/α,β-unsaturated/α-hetero) is 1. The number of nitrogens with one attached hydrogen (secondary N) is 2. The molecule has 0 aliphatic carbocycles. The molecule has 3 heterocycles. The first-order valence-electron chi connectivity index (χ1n) is 12.9. The van der Waals surface area contributed by atoms with E-state index in [1.807, 2.05) is 36.5 Å². The van der Waals surface area contributed by atoms with Gasteiger partial charge in [-0.15, -0.1) is 0 Å². The molecule has 1 saturated heterocycles. The van der Waals surface area contributed by atoms with Crippen LogP contribution in [0.15, 0.2) is 85.1 Å². The number of rotatable bonds is 7. The molecule has 2 unspecified atom stereocenters. The van der Waals surface area contributed by atoms with Crippen molar-refractivity contribution in [3.8, 4) is 5.75 Å². The summed E-state index contributed by atoms with van der Waals surface area (Å²) >= 11 is 0. The Labute approximate surface area is 211 Å². The molecule has 0 amide bonds. The van der Waals surface area contributed by atoms with Gasteiger partial charge < -0.3 is 19.9 Å². The molecule has 6 nitrogen and oxygen atoms in total. The molecule has 3 aromatic carbocycles. The number of H-pyrrole nitrogens is 1. The summed E-state index contributed by atoms with van der Waals surface area (Å²) in [6.45, 7) is 3.52. The molecule has 6 heteroatoms. The van der Waals surface area contributed by atoms with Crippen LogP contribution in [0.1, 0.15) is 12.0 Å². The highest BCUT2D eigenvalue weighted by molar-refractivity contribution is 5.92. The zero-order valence-corrected chi connectivity index (χ0v) is 20.4. The monoisotopic (exact) mass is 480 g/mol. The minimum atomic E-state index is -0.229. The molecule has 184 valence electrons. The fraction of sp³-hybridized carbons (Fsp3) is 0.300. The number of piperazine rings is 1. The molecular weight excluding hydrogens is 448 g/mol. The number of aromatic nitrogens is 1. The van der Waals surface area contributed by atoms with Crippen LogP contribution >= 0.6 is 0 Å². The number of carbonyl (C=O) groups excluding carboxylic acids is 1. The molecular formula is C30H32N4O2. The van der Waals surface area contributed by atoms with E-state index in [1.54, 1.807) is 0 Å². The zero-order chi connectivity index (χ0) is 24.3. The lowest BCUT2D eigenvalue weighted by atomic mass is 9.90. The molecule has 1 fully saturated rings. The fourth-order valence-corrected chi connectivity index (χ4v) is 5.72. The SMILES string of the molecule is O=C(COc1ccccc1)C(C1CCc2ccccc2N1)N1CCN(c2cccc3[nH]ccc23)CC1. The van der Waals surface area contributed by atoms with E-state index in [0.717, 1.165) is 56.0 Å². The van der Waals surface area contributed by atoms with Crippen LogP contribution in [0.5, 0.6) is 5.75 Å². The third kappa shape index (κ3) is 4.56. The summed E-state index contributed by atoms with van der Waals surface area (Å²) in [7, 11) is 0. The number of fused-ring (bicyclic) bond motifs is 2. The van der Waals surface area contributed by atoms with Crippen molar-refractivity contribution in [3.05, 3.63) is 90.6 Å². The second-order valence-corrected chi connectivity index (χ2v) is 9.70. The summed E-state index contributed by atoms with van der Waals surface area (Å²) < 4.78 is 5.91. The Morgan fingerprint density at radius 1 is 0.917 bits per heavy atom. The molecule has 2 N–H and O–H groups in total. The maximum absolute atomic E-state index is 13.7. The number of hydrogen-bond donors (Lipinski definition) is 2. The normalized spacial score (nSPS) is 18.9. The number of benzene rings is 3. The van der Waals surface area contributed by atoms with E-state index in [-0.39, 0.29) is 24.5 Å². The van der Waals surface area contributed by atoms with Crippen LogP contribution in [-0.2, 0) is 11.2 Å². The number of nitrogens with zero attached hydrogens (tertiary/aromatic N) is 2. The zero-order valence-electron chi connectivity index (χ0n) is 20.4. The standard InChI is InChI=1S/C30H32N4O2/c35-29(21-36-23-8-2-1-3-9-23)30(27-14-13-22-7-4-5-10-25(22)32-27)34-19-17-33(18-20-34)28-12-6-11-26-24(28)15-16-31-26/h1-12,15-16,27,30-32H,13-14,17-21H2. The molecule has 2 aliphatic rings. The summed E-state index contributed by atoms with van der Waals surface area (Å²) in [5, 5.41) is 4.95. The Morgan fingerprint density at radius 3 is 2.58 bits per heavy atom. The third-order valence-electron chi connectivity index (χ3n) is 7.54. The number of hydrogen-bond acceptors (Lipinski definition) is 5. The van der Waals surface area contributed by atoms with Crippen LogP contribution in [0, 0.1) is 0 Å². The molecule has 36 heavy (non-hydrogen) atoms. The van der Waals surface area contributed by atoms with Crippen molar-refractivity contribution in [1.29, 1.82) is 0 Å². The molecule has 2 atom stereocenters. The largest absolute Gasteiger partial charge is 0.486 e. The molecule has 6 rings (SSSR count). The summed E-state index contributed by atoms with van der Waals surface area (Å²) in [6, 6.07) is 26.5. The van der Waals surface area contributed by atoms with E-state index in [2.05, 4.69) is 68.6 Å². The smallest absolute Gasteiger partial charge is 0.189 e. The number of para-hydroxylation sites is 2. The lowest BCUT2D eigenvalue weighted by Gasteiger charge is -2.43. The first-order chi connectivity index (χ1) is 17.8. The fourth-order valence-electron chi connectivity index (χ4n) is 5.72. The van der Waals surface area contributed by atoms with E-state index in [9.17, 15) is 4.79 Å². The first-order valence-corrected chi connectivity index (χ1v) is 12.9. The van der Waals surface area contributed by atoms with Gasteiger partial charge in [0.25, 0.3) is 0 Å². The van der Waals surface area contributed by atoms with E-state index in [0.29, 0.717) is 0 Å². The van der Waals surface area contributed by atoms with E-state index >= 15 is 0 Å². The van der Waals surface area contributed by atoms with Crippen molar-refractivity contribution in [2.45, 2.75) is 24.9 Å². The van der Waals surface area contributed by atoms with Crippen molar-refractivity contribution in [2.75, 3.05) is 43.0 Å². The molecule has 0 spiro atoms. The lowest BCUT2D eigenvalue weighted by Crippen LogP contribution is -2.59. The van der Waals surface area contributed by atoms with Gasteiger partial charge in [-0.25, -0.2) is 0 Å². The number of ketones is 1. The van der Waals surface area contributed by atoms with Crippen LogP contribution in [0.3, 0.4) is 0 Å². The second kappa shape index (κ2) is 10.1. The number of anilines is 2. The van der Waals surface area contributed by atoms with Crippen molar-refractivity contribution in [3.63, 3.8) is 0 Å². The quantitative estimate of drug-likeness (QED) is 0.400. The van der Waals surface area contributed by atoms with Crippen molar-refractivity contribution in [2.24, 2.45) is 0 Å². The Hall–Kier alpha value is -3.77. The average molecular weight is 481 g/mol. The van der Waals surface area contributed by atoms with Gasteiger partial charge in [-0.3, -0.25) is 9.69 Å². The van der Waals surface area contributed by atoms with Crippen LogP contribution < -0.4 is 15.0 Å². The molecule has 0 radical (unpaired) electrons. The summed E-state index contributed by atoms with van der Waals surface area (Å²) in [6.07, 6.45) is 3.91. The summed E-state index contributed by atoms with van der Waals surface area (Å²) in [5.41, 5.74) is 4.89. The lowest BCUT2D eigenvalue weighted by molar-refractivity contribution is -0.127. The van der Waals surface area contributed by atoms with Crippen LogP contribution in [0.4, 0.5) is 11.4 Å². The van der Waals surface area contributed by atoms with Gasteiger partial charge in [0.15, 0.2) is 5.78 Å². The molecule has 0 bridgehead atoms.